The maximum atomic E-state index is 12.0. The first-order chi connectivity index (χ1) is 19.5. The normalized spacial score (nSPS) is 23.1. The summed E-state index contributed by atoms with van der Waals surface area (Å²) in [5.74, 6) is -1.17. The highest BCUT2D eigenvalue weighted by atomic mass is 16.6. The molecule has 5 atom stereocenters. The molecular weight excluding hydrogens is 510 g/mol. The number of benzene rings is 3. The summed E-state index contributed by atoms with van der Waals surface area (Å²) < 4.78 is 25.9. The van der Waals surface area contributed by atoms with E-state index in [1.54, 1.807) is 6.92 Å². The summed E-state index contributed by atoms with van der Waals surface area (Å²) in [7, 11) is 0. The zero-order valence-corrected chi connectivity index (χ0v) is 22.9. The summed E-state index contributed by atoms with van der Waals surface area (Å²) in [6.45, 7) is 4.91. The Morgan fingerprint density at radius 3 is 1.65 bits per heavy atom. The van der Waals surface area contributed by atoms with Gasteiger partial charge in [0, 0.05) is 6.42 Å². The van der Waals surface area contributed by atoms with Crippen molar-refractivity contribution in [1.82, 2.24) is 0 Å². The monoisotopic (exact) mass is 547 g/mol. The summed E-state index contributed by atoms with van der Waals surface area (Å²) in [4.78, 5) is 17.1. The number of carbonyl (C=O) groups is 1. The van der Waals surface area contributed by atoms with Gasteiger partial charge in [0.1, 0.15) is 24.9 Å². The average molecular weight is 548 g/mol. The van der Waals surface area contributed by atoms with Crippen molar-refractivity contribution in [3.8, 4) is 0 Å². The molecule has 8 nitrogen and oxygen atoms in total. The molecule has 0 radical (unpaired) electrons. The van der Waals surface area contributed by atoms with Gasteiger partial charge < -0.3 is 28.9 Å². The van der Waals surface area contributed by atoms with Crippen LogP contribution in [0.4, 0.5) is 0 Å². The van der Waals surface area contributed by atoms with E-state index in [0.717, 1.165) is 16.7 Å². The highest BCUT2D eigenvalue weighted by Crippen LogP contribution is 2.32. The first-order valence-electron chi connectivity index (χ1n) is 13.6. The predicted molar refractivity (Wildman–Crippen MR) is 151 cm³/mol. The molecule has 0 saturated carbocycles. The number of rotatable bonds is 14. The van der Waals surface area contributed by atoms with Crippen LogP contribution in [0.2, 0.25) is 0 Å². The Hall–Kier alpha value is -3.56. The van der Waals surface area contributed by atoms with Crippen molar-refractivity contribution in [2.75, 3.05) is 6.61 Å². The topological polar surface area (TPSA) is 95.8 Å². The van der Waals surface area contributed by atoms with Gasteiger partial charge in [0.05, 0.1) is 32.0 Å². The Kier molecular flexibility index (Phi) is 11.2. The molecule has 0 bridgehead atoms. The molecule has 0 aromatic heterocycles. The second kappa shape index (κ2) is 15.3. The molecule has 1 heterocycles. The molecule has 0 spiro atoms. The number of ether oxygens (including phenoxy) is 4. The van der Waals surface area contributed by atoms with Gasteiger partial charge in [-0.3, -0.25) is 0 Å². The molecular formula is C32H37NO7. The van der Waals surface area contributed by atoms with Crippen molar-refractivity contribution in [2.45, 2.75) is 70.6 Å². The molecule has 0 unspecified atom stereocenters. The van der Waals surface area contributed by atoms with Crippen LogP contribution in [-0.4, -0.2) is 53.9 Å². The SMILES string of the molecule is CCON=C(C[C@@H]1O[C@@H](C)[C@@H](OCc2ccccc2)[C@@H](OCc2ccccc2)[C@@H]1OCc1ccccc1)C(=O)O. The van der Waals surface area contributed by atoms with Gasteiger partial charge in [-0.05, 0) is 30.5 Å². The van der Waals surface area contributed by atoms with Crippen molar-refractivity contribution in [3.63, 3.8) is 0 Å². The lowest BCUT2D eigenvalue weighted by atomic mass is 9.91. The van der Waals surface area contributed by atoms with Gasteiger partial charge in [-0.1, -0.05) is 96.2 Å². The van der Waals surface area contributed by atoms with Crippen LogP contribution < -0.4 is 0 Å². The summed E-state index contributed by atoms with van der Waals surface area (Å²) in [6.07, 6.45) is -2.76. The molecule has 3 aromatic rings. The number of hydrogen-bond donors (Lipinski definition) is 1. The van der Waals surface area contributed by atoms with Crippen LogP contribution >= 0.6 is 0 Å². The zero-order valence-electron chi connectivity index (χ0n) is 22.9. The molecule has 1 fully saturated rings. The van der Waals surface area contributed by atoms with E-state index in [1.165, 1.54) is 0 Å². The fraction of sp³-hybridized carbons (Fsp3) is 0.375. The van der Waals surface area contributed by atoms with Gasteiger partial charge in [0.2, 0.25) is 0 Å². The smallest absolute Gasteiger partial charge is 0.353 e. The minimum Gasteiger partial charge on any atom is -0.477 e. The van der Waals surface area contributed by atoms with Crippen LogP contribution in [0.25, 0.3) is 0 Å². The van der Waals surface area contributed by atoms with E-state index < -0.39 is 36.5 Å². The molecule has 212 valence electrons. The van der Waals surface area contributed by atoms with Gasteiger partial charge in [0.25, 0.3) is 0 Å². The molecule has 1 aliphatic rings. The number of nitrogens with zero attached hydrogens (tertiary/aromatic N) is 1. The standard InChI is InChI=1S/C32H37NO7/c1-3-39-33-27(32(34)35)19-28-30(37-21-25-15-9-5-10-16-25)31(38-22-26-17-11-6-12-18-26)29(23(2)40-28)36-20-24-13-7-4-8-14-24/h4-18,23,28-31H,3,19-22H2,1-2H3,(H,34,35)/t23-,28-,29+,30+,31+/m0/s1. The highest BCUT2D eigenvalue weighted by molar-refractivity contribution is 6.35. The molecule has 1 saturated heterocycles. The van der Waals surface area contributed by atoms with Gasteiger partial charge in [-0.2, -0.15) is 0 Å². The van der Waals surface area contributed by atoms with E-state index in [0.29, 0.717) is 19.8 Å². The Balaban J connectivity index is 1.63. The zero-order chi connectivity index (χ0) is 28.2. The summed E-state index contributed by atoms with van der Waals surface area (Å²) in [5, 5.41) is 13.6. The molecule has 40 heavy (non-hydrogen) atoms. The average Bonchev–Trinajstić information content (AvgIpc) is 2.98. The minimum absolute atomic E-state index is 0.0181. The molecule has 8 heteroatoms. The lowest BCUT2D eigenvalue weighted by molar-refractivity contribution is -0.259. The van der Waals surface area contributed by atoms with E-state index in [2.05, 4.69) is 5.16 Å². The Bertz CT molecular complexity index is 1190. The Morgan fingerprint density at radius 2 is 1.20 bits per heavy atom. The number of carboxylic acids is 1. The first kappa shape index (κ1) is 29.4. The van der Waals surface area contributed by atoms with Crippen LogP contribution in [0.15, 0.2) is 96.2 Å². The van der Waals surface area contributed by atoms with E-state index in [-0.39, 0.29) is 18.7 Å². The van der Waals surface area contributed by atoms with Crippen LogP contribution in [0.5, 0.6) is 0 Å². The Labute approximate surface area is 235 Å². The van der Waals surface area contributed by atoms with E-state index in [1.807, 2.05) is 97.9 Å². The largest absolute Gasteiger partial charge is 0.477 e. The van der Waals surface area contributed by atoms with Gasteiger partial charge in [-0.15, -0.1) is 0 Å². The third kappa shape index (κ3) is 8.47. The third-order valence-corrected chi connectivity index (χ3v) is 6.67. The summed E-state index contributed by atoms with van der Waals surface area (Å²) >= 11 is 0. The fourth-order valence-electron chi connectivity index (χ4n) is 4.68. The van der Waals surface area contributed by atoms with Crippen LogP contribution in [0, 0.1) is 0 Å². The number of hydrogen-bond acceptors (Lipinski definition) is 7. The molecule has 1 N–H and O–H groups in total. The second-order valence-electron chi connectivity index (χ2n) is 9.63. The number of oxime groups is 1. The van der Waals surface area contributed by atoms with E-state index >= 15 is 0 Å². The molecule has 4 rings (SSSR count). The fourth-order valence-corrected chi connectivity index (χ4v) is 4.68. The van der Waals surface area contributed by atoms with Crippen LogP contribution in [0.1, 0.15) is 37.0 Å². The van der Waals surface area contributed by atoms with Crippen molar-refractivity contribution in [1.29, 1.82) is 0 Å². The van der Waals surface area contributed by atoms with E-state index in [4.69, 9.17) is 23.8 Å². The molecule has 0 amide bonds. The van der Waals surface area contributed by atoms with E-state index in [9.17, 15) is 9.90 Å². The summed E-state index contributed by atoms with van der Waals surface area (Å²) in [6, 6.07) is 29.6. The highest BCUT2D eigenvalue weighted by Gasteiger charge is 2.47. The Morgan fingerprint density at radius 1 is 0.750 bits per heavy atom. The number of carboxylic acid groups (broad SMARTS) is 1. The van der Waals surface area contributed by atoms with Gasteiger partial charge in [0.15, 0.2) is 5.71 Å². The molecule has 0 aliphatic carbocycles. The van der Waals surface area contributed by atoms with Crippen molar-refractivity contribution in [3.05, 3.63) is 108 Å². The minimum atomic E-state index is -1.17. The first-order valence-corrected chi connectivity index (χ1v) is 13.6. The summed E-state index contributed by atoms with van der Waals surface area (Å²) in [5.41, 5.74) is 2.87. The van der Waals surface area contributed by atoms with Crippen LogP contribution in [0.3, 0.4) is 0 Å². The molecule has 3 aromatic carbocycles. The lowest BCUT2D eigenvalue weighted by Crippen LogP contribution is -2.59. The van der Waals surface area contributed by atoms with Gasteiger partial charge >= 0.3 is 5.97 Å². The van der Waals surface area contributed by atoms with Gasteiger partial charge in [-0.25, -0.2) is 4.79 Å². The maximum absolute atomic E-state index is 12.0. The lowest BCUT2D eigenvalue weighted by Gasteiger charge is -2.45. The van der Waals surface area contributed by atoms with Crippen molar-refractivity contribution in [2.24, 2.45) is 5.16 Å². The third-order valence-electron chi connectivity index (χ3n) is 6.67. The van der Waals surface area contributed by atoms with Crippen molar-refractivity contribution < 1.29 is 33.7 Å². The van der Waals surface area contributed by atoms with Crippen LogP contribution in [-0.2, 0) is 48.4 Å². The maximum Gasteiger partial charge on any atom is 0.353 e. The quantitative estimate of drug-likeness (QED) is 0.213. The molecule has 1 aliphatic heterocycles. The van der Waals surface area contributed by atoms with Crippen molar-refractivity contribution >= 4 is 11.7 Å². The number of aliphatic carboxylic acids is 1. The second-order valence-corrected chi connectivity index (χ2v) is 9.63. The predicted octanol–water partition coefficient (Wildman–Crippen LogP) is 5.40.